The minimum atomic E-state index is -0.341. The number of hydrogen-bond donors (Lipinski definition) is 1. The molecule has 3 rings (SSSR count). The molecule has 0 aliphatic carbocycles. The smallest absolute Gasteiger partial charge is 0.275 e. The molecule has 2 aromatic heterocycles. The highest BCUT2D eigenvalue weighted by Gasteiger charge is 2.13. The van der Waals surface area contributed by atoms with Gasteiger partial charge in [-0.3, -0.25) is 4.79 Å². The van der Waals surface area contributed by atoms with E-state index in [1.807, 2.05) is 6.07 Å². The van der Waals surface area contributed by atoms with Gasteiger partial charge in [-0.05, 0) is 24.3 Å². The molecule has 1 aromatic carbocycles. The summed E-state index contributed by atoms with van der Waals surface area (Å²) in [5.41, 5.74) is 1.99. The van der Waals surface area contributed by atoms with E-state index >= 15 is 0 Å². The maximum absolute atomic E-state index is 12.2. The summed E-state index contributed by atoms with van der Waals surface area (Å²) in [7, 11) is 0. The van der Waals surface area contributed by atoms with Crippen molar-refractivity contribution in [1.29, 1.82) is 5.26 Å². The van der Waals surface area contributed by atoms with Crippen LogP contribution >= 0.6 is 22.9 Å². The van der Waals surface area contributed by atoms with E-state index in [0.717, 1.165) is 5.56 Å². The third kappa shape index (κ3) is 2.86. The maximum Gasteiger partial charge on any atom is 0.275 e. The van der Waals surface area contributed by atoms with Crippen molar-refractivity contribution < 1.29 is 9.21 Å². The molecule has 0 radical (unpaired) electrons. The van der Waals surface area contributed by atoms with Crippen LogP contribution < -0.4 is 5.32 Å². The van der Waals surface area contributed by atoms with Crippen LogP contribution in [0.5, 0.6) is 0 Å². The summed E-state index contributed by atoms with van der Waals surface area (Å²) < 4.78 is 4.99. The van der Waals surface area contributed by atoms with Crippen LogP contribution in [0.1, 0.15) is 16.1 Å². The Morgan fingerprint density at radius 1 is 1.41 bits per heavy atom. The second-order valence-electron chi connectivity index (χ2n) is 4.31. The summed E-state index contributed by atoms with van der Waals surface area (Å²) in [6.45, 7) is 0. The number of anilines is 1. The Balaban J connectivity index is 1.78. The van der Waals surface area contributed by atoms with Crippen LogP contribution in [0, 0.1) is 11.3 Å². The van der Waals surface area contributed by atoms with E-state index in [2.05, 4.69) is 10.3 Å². The third-order valence-electron chi connectivity index (χ3n) is 2.85. The Morgan fingerprint density at radius 3 is 2.95 bits per heavy atom. The second kappa shape index (κ2) is 6.02. The summed E-state index contributed by atoms with van der Waals surface area (Å²) in [6, 6.07) is 8.44. The number of nitrogens with zero attached hydrogens (tertiary/aromatic N) is 2. The van der Waals surface area contributed by atoms with E-state index in [-0.39, 0.29) is 10.9 Å². The van der Waals surface area contributed by atoms with Gasteiger partial charge in [0, 0.05) is 16.6 Å². The average Bonchev–Trinajstić information content (AvgIpc) is 3.18. The lowest BCUT2D eigenvalue weighted by Crippen LogP contribution is -2.12. The van der Waals surface area contributed by atoms with Crippen molar-refractivity contribution in [1.82, 2.24) is 4.98 Å². The van der Waals surface area contributed by atoms with Gasteiger partial charge in [0.15, 0.2) is 0 Å². The molecule has 0 spiro atoms. The van der Waals surface area contributed by atoms with E-state index in [0.29, 0.717) is 22.0 Å². The number of rotatable bonds is 3. The van der Waals surface area contributed by atoms with Crippen molar-refractivity contribution in [3.05, 3.63) is 58.5 Å². The zero-order chi connectivity index (χ0) is 15.5. The molecule has 0 saturated carbocycles. The average molecular weight is 330 g/mol. The fourth-order valence-corrected chi connectivity index (χ4v) is 2.78. The van der Waals surface area contributed by atoms with Crippen LogP contribution in [0.2, 0.25) is 5.02 Å². The first-order valence-electron chi connectivity index (χ1n) is 6.16. The summed E-state index contributed by atoms with van der Waals surface area (Å²) in [4.78, 5) is 16.4. The number of halogens is 1. The Morgan fingerprint density at radius 2 is 2.27 bits per heavy atom. The fraction of sp³-hybridized carbons (Fsp3) is 0. The minimum absolute atomic E-state index is 0.290. The molecule has 1 N–H and O–H groups in total. The van der Waals surface area contributed by atoms with Crippen molar-refractivity contribution in [2.45, 2.75) is 0 Å². The topological polar surface area (TPSA) is 78.9 Å². The third-order valence-corrected chi connectivity index (χ3v) is 4.06. The molecule has 22 heavy (non-hydrogen) atoms. The van der Waals surface area contributed by atoms with Crippen LogP contribution in [0.3, 0.4) is 0 Å². The van der Waals surface area contributed by atoms with Crippen molar-refractivity contribution in [2.75, 3.05) is 5.32 Å². The lowest BCUT2D eigenvalue weighted by molar-refractivity contribution is 0.102. The standard InChI is InChI=1S/C15H8ClN3O2S/c16-12-5-11(2-1-9(12)6-17)18-14(20)13-8-22-15(19-13)10-3-4-21-7-10/h1-5,7-8H,(H,18,20). The lowest BCUT2D eigenvalue weighted by atomic mass is 10.2. The van der Waals surface area contributed by atoms with E-state index in [1.165, 1.54) is 17.4 Å². The molecule has 3 aromatic rings. The predicted molar refractivity (Wildman–Crippen MR) is 83.9 cm³/mol. The molecule has 0 bridgehead atoms. The molecule has 2 heterocycles. The zero-order valence-electron chi connectivity index (χ0n) is 11.0. The molecule has 5 nitrogen and oxygen atoms in total. The molecule has 0 atom stereocenters. The van der Waals surface area contributed by atoms with Crippen LogP contribution in [0.4, 0.5) is 5.69 Å². The van der Waals surface area contributed by atoms with Gasteiger partial charge < -0.3 is 9.73 Å². The molecule has 0 unspecified atom stereocenters. The number of thiazole rings is 1. The largest absolute Gasteiger partial charge is 0.472 e. The van der Waals surface area contributed by atoms with E-state index in [1.54, 1.807) is 36.1 Å². The highest BCUT2D eigenvalue weighted by Crippen LogP contribution is 2.25. The molecule has 1 amide bonds. The molecule has 108 valence electrons. The van der Waals surface area contributed by atoms with Gasteiger partial charge >= 0.3 is 0 Å². The van der Waals surface area contributed by atoms with Crippen molar-refractivity contribution in [3.63, 3.8) is 0 Å². The summed E-state index contributed by atoms with van der Waals surface area (Å²) in [6.07, 6.45) is 3.12. The molecular weight excluding hydrogens is 322 g/mol. The van der Waals surface area contributed by atoms with Crippen LogP contribution in [0.15, 0.2) is 46.6 Å². The zero-order valence-corrected chi connectivity index (χ0v) is 12.6. The van der Waals surface area contributed by atoms with E-state index < -0.39 is 0 Å². The van der Waals surface area contributed by atoms with Crippen LogP contribution in [0.25, 0.3) is 10.6 Å². The first kappa shape index (κ1) is 14.3. The van der Waals surface area contributed by atoms with E-state index in [4.69, 9.17) is 21.3 Å². The number of nitrogens with one attached hydrogen (secondary N) is 1. The van der Waals surface area contributed by atoms with Gasteiger partial charge in [-0.1, -0.05) is 11.6 Å². The molecule has 0 aliphatic heterocycles. The number of amides is 1. The van der Waals surface area contributed by atoms with Crippen LogP contribution in [-0.2, 0) is 0 Å². The lowest BCUT2D eigenvalue weighted by Gasteiger charge is -2.04. The Labute approximate surface area is 134 Å². The molecule has 0 saturated heterocycles. The monoisotopic (exact) mass is 329 g/mol. The van der Waals surface area contributed by atoms with E-state index in [9.17, 15) is 4.79 Å². The highest BCUT2D eigenvalue weighted by atomic mass is 35.5. The summed E-state index contributed by atoms with van der Waals surface area (Å²) >= 11 is 7.29. The second-order valence-corrected chi connectivity index (χ2v) is 5.58. The van der Waals surface area contributed by atoms with Gasteiger partial charge in [0.05, 0.1) is 16.8 Å². The summed E-state index contributed by atoms with van der Waals surface area (Å²) in [5.74, 6) is -0.341. The van der Waals surface area contributed by atoms with Gasteiger partial charge in [-0.25, -0.2) is 4.98 Å². The highest BCUT2D eigenvalue weighted by molar-refractivity contribution is 7.13. The number of carbonyl (C=O) groups is 1. The van der Waals surface area contributed by atoms with Crippen molar-refractivity contribution >= 4 is 34.5 Å². The molecule has 0 aliphatic rings. The number of nitriles is 1. The fourth-order valence-electron chi connectivity index (χ4n) is 1.78. The molecule has 0 fully saturated rings. The SMILES string of the molecule is N#Cc1ccc(NC(=O)c2csc(-c3ccoc3)n2)cc1Cl. The Hall–Kier alpha value is -2.62. The van der Waals surface area contributed by atoms with Gasteiger partial charge in [0.1, 0.15) is 23.0 Å². The number of benzene rings is 1. The first-order chi connectivity index (χ1) is 10.7. The maximum atomic E-state index is 12.2. The minimum Gasteiger partial charge on any atom is -0.472 e. The molecular formula is C15H8ClN3O2S. The number of furan rings is 1. The number of hydrogen-bond acceptors (Lipinski definition) is 5. The normalized spacial score (nSPS) is 10.2. The van der Waals surface area contributed by atoms with Gasteiger partial charge in [0.25, 0.3) is 5.91 Å². The van der Waals surface area contributed by atoms with Crippen molar-refractivity contribution in [3.8, 4) is 16.6 Å². The molecule has 7 heteroatoms. The summed E-state index contributed by atoms with van der Waals surface area (Å²) in [5, 5.41) is 14.2. The Kier molecular flexibility index (Phi) is 3.92. The van der Waals surface area contributed by atoms with Crippen molar-refractivity contribution in [2.24, 2.45) is 0 Å². The number of aromatic nitrogens is 1. The quantitative estimate of drug-likeness (QED) is 0.781. The first-order valence-corrected chi connectivity index (χ1v) is 7.42. The van der Waals surface area contributed by atoms with Gasteiger partial charge in [0.2, 0.25) is 0 Å². The Bertz CT molecular complexity index is 865. The van der Waals surface area contributed by atoms with Crippen LogP contribution in [-0.4, -0.2) is 10.9 Å². The predicted octanol–water partition coefficient (Wildman–Crippen LogP) is 4.18. The number of carbonyl (C=O) groups excluding carboxylic acids is 1. The van der Waals surface area contributed by atoms with Gasteiger partial charge in [-0.15, -0.1) is 11.3 Å². The van der Waals surface area contributed by atoms with Gasteiger partial charge in [-0.2, -0.15) is 5.26 Å².